The van der Waals surface area contributed by atoms with Crippen LogP contribution >= 0.6 is 0 Å². The van der Waals surface area contributed by atoms with Crippen molar-refractivity contribution >= 4 is 28.3 Å². The van der Waals surface area contributed by atoms with E-state index in [2.05, 4.69) is 40.0 Å². The van der Waals surface area contributed by atoms with Crippen molar-refractivity contribution in [3.63, 3.8) is 0 Å². The third-order valence-electron chi connectivity index (χ3n) is 6.23. The van der Waals surface area contributed by atoms with Crippen LogP contribution in [0.15, 0.2) is 43.0 Å². The van der Waals surface area contributed by atoms with Crippen molar-refractivity contribution in [2.24, 2.45) is 5.92 Å². The van der Waals surface area contributed by atoms with Gasteiger partial charge in [0.1, 0.15) is 0 Å². The van der Waals surface area contributed by atoms with E-state index in [1.807, 2.05) is 35.2 Å². The van der Waals surface area contributed by atoms with Gasteiger partial charge in [-0.05, 0) is 44.7 Å². The Morgan fingerprint density at radius 1 is 1.25 bits per heavy atom. The summed E-state index contributed by atoms with van der Waals surface area (Å²) in [6, 6.07) is 6.30. The van der Waals surface area contributed by atoms with E-state index in [0.29, 0.717) is 19.0 Å². The van der Waals surface area contributed by atoms with Crippen molar-refractivity contribution in [1.29, 1.82) is 0 Å². The Morgan fingerprint density at radius 3 is 2.75 bits per heavy atom. The van der Waals surface area contributed by atoms with Gasteiger partial charge in [-0.3, -0.25) is 9.67 Å². The lowest BCUT2D eigenvalue weighted by atomic mass is 9.97. The van der Waals surface area contributed by atoms with Gasteiger partial charge in [0.2, 0.25) is 0 Å². The molecule has 32 heavy (non-hydrogen) atoms. The van der Waals surface area contributed by atoms with Gasteiger partial charge in [0.25, 0.3) is 0 Å². The normalized spacial score (nSPS) is 15.2. The van der Waals surface area contributed by atoms with Gasteiger partial charge in [-0.15, -0.1) is 0 Å². The van der Waals surface area contributed by atoms with Gasteiger partial charge in [-0.2, -0.15) is 10.2 Å². The van der Waals surface area contributed by atoms with Crippen LogP contribution in [-0.4, -0.2) is 60.1 Å². The maximum Gasteiger partial charge on any atom is 0.407 e. The summed E-state index contributed by atoms with van der Waals surface area (Å²) in [6.45, 7) is 6.20. The van der Waals surface area contributed by atoms with E-state index in [1.54, 1.807) is 6.20 Å². The molecule has 0 saturated carbocycles. The van der Waals surface area contributed by atoms with E-state index in [9.17, 15) is 4.79 Å². The summed E-state index contributed by atoms with van der Waals surface area (Å²) in [5.41, 5.74) is 4.17. The van der Waals surface area contributed by atoms with Crippen LogP contribution in [0.4, 0.5) is 10.6 Å². The van der Waals surface area contributed by atoms with E-state index in [4.69, 9.17) is 10.2 Å². The van der Waals surface area contributed by atoms with Crippen LogP contribution < -0.4 is 5.32 Å². The van der Waals surface area contributed by atoms with Crippen LogP contribution in [0.1, 0.15) is 32.7 Å². The molecule has 1 saturated heterocycles. The molecule has 5 rings (SSSR count). The highest BCUT2D eigenvalue weighted by Gasteiger charge is 2.23. The molecule has 4 aromatic heterocycles. The molecule has 0 aliphatic carbocycles. The van der Waals surface area contributed by atoms with Crippen molar-refractivity contribution in [2.45, 2.75) is 32.7 Å². The summed E-state index contributed by atoms with van der Waals surface area (Å²) >= 11 is 0. The second-order valence-electron chi connectivity index (χ2n) is 8.69. The summed E-state index contributed by atoms with van der Waals surface area (Å²) in [5.74, 6) is 1.25. The van der Waals surface area contributed by atoms with Crippen molar-refractivity contribution in [3.05, 3.63) is 43.0 Å². The lowest BCUT2D eigenvalue weighted by Gasteiger charge is -2.30. The van der Waals surface area contributed by atoms with Crippen molar-refractivity contribution in [3.8, 4) is 11.1 Å². The third kappa shape index (κ3) is 3.63. The highest BCUT2D eigenvalue weighted by molar-refractivity contribution is 6.00. The van der Waals surface area contributed by atoms with Gasteiger partial charge < -0.3 is 15.3 Å². The van der Waals surface area contributed by atoms with E-state index in [-0.39, 0.29) is 6.04 Å². The molecule has 1 aliphatic rings. The molecule has 1 aliphatic heterocycles. The number of piperidine rings is 1. The van der Waals surface area contributed by atoms with Crippen LogP contribution in [-0.2, 0) is 0 Å². The quantitative estimate of drug-likeness (QED) is 0.491. The second kappa shape index (κ2) is 8.14. The topological polar surface area (TPSA) is 101 Å². The summed E-state index contributed by atoms with van der Waals surface area (Å²) < 4.78 is 3.95. The Morgan fingerprint density at radius 2 is 2.06 bits per heavy atom. The Bertz CT molecular complexity index is 1250. The zero-order valence-electron chi connectivity index (χ0n) is 18.3. The van der Waals surface area contributed by atoms with Gasteiger partial charge in [-0.1, -0.05) is 6.07 Å². The predicted octanol–water partition coefficient (Wildman–Crippen LogP) is 4.13. The molecule has 0 unspecified atom stereocenters. The minimum absolute atomic E-state index is 0.190. The molecule has 0 spiro atoms. The van der Waals surface area contributed by atoms with Crippen molar-refractivity contribution < 1.29 is 9.90 Å². The zero-order valence-corrected chi connectivity index (χ0v) is 18.3. The fourth-order valence-electron chi connectivity index (χ4n) is 4.43. The lowest BCUT2D eigenvalue weighted by Crippen LogP contribution is -2.39. The smallest absolute Gasteiger partial charge is 0.407 e. The third-order valence-corrected chi connectivity index (χ3v) is 6.23. The molecule has 5 heterocycles. The average molecular weight is 434 g/mol. The van der Waals surface area contributed by atoms with Gasteiger partial charge >= 0.3 is 6.09 Å². The maximum atomic E-state index is 11.1. The van der Waals surface area contributed by atoms with E-state index in [0.717, 1.165) is 52.8 Å². The number of carboxylic acid groups (broad SMARTS) is 1. The molecule has 0 bridgehead atoms. The number of anilines is 1. The van der Waals surface area contributed by atoms with E-state index >= 15 is 0 Å². The van der Waals surface area contributed by atoms with E-state index in [1.165, 1.54) is 4.90 Å². The first-order valence-electron chi connectivity index (χ1n) is 11.0. The Balaban J connectivity index is 1.46. The molecule has 0 atom stereocenters. The van der Waals surface area contributed by atoms with Crippen LogP contribution in [0.2, 0.25) is 0 Å². The molecule has 1 amide bonds. The van der Waals surface area contributed by atoms with Crippen LogP contribution in [0.3, 0.4) is 0 Å². The molecular formula is C23H27N7O2. The molecule has 0 radical (unpaired) electrons. The molecule has 4 aromatic rings. The second-order valence-corrected chi connectivity index (χ2v) is 8.69. The van der Waals surface area contributed by atoms with Gasteiger partial charge in [0.15, 0.2) is 5.82 Å². The van der Waals surface area contributed by atoms with Crippen LogP contribution in [0.5, 0.6) is 0 Å². The molecule has 2 N–H and O–H groups in total. The number of carbonyl (C=O) groups is 1. The number of hydrogen-bond donors (Lipinski definition) is 2. The molecular weight excluding hydrogens is 406 g/mol. The van der Waals surface area contributed by atoms with Gasteiger partial charge in [-0.25, -0.2) is 9.31 Å². The number of hydrogen-bond acceptors (Lipinski definition) is 5. The maximum absolute atomic E-state index is 11.1. The first-order valence-corrected chi connectivity index (χ1v) is 11.0. The molecule has 0 aromatic carbocycles. The Hall–Kier alpha value is -3.62. The largest absolute Gasteiger partial charge is 0.465 e. The fraction of sp³-hybridized carbons (Fsp3) is 0.391. The van der Waals surface area contributed by atoms with Gasteiger partial charge in [0.05, 0.1) is 22.6 Å². The Labute approximate surface area is 185 Å². The number of pyridine rings is 1. The fourth-order valence-corrected chi connectivity index (χ4v) is 4.43. The van der Waals surface area contributed by atoms with Crippen molar-refractivity contribution in [1.82, 2.24) is 29.3 Å². The average Bonchev–Trinajstić information content (AvgIpc) is 3.40. The summed E-state index contributed by atoms with van der Waals surface area (Å²) in [6.07, 6.45) is 8.41. The minimum atomic E-state index is -0.828. The van der Waals surface area contributed by atoms with Gasteiger partial charge in [0, 0.05) is 55.4 Å². The number of nitrogens with one attached hydrogen (secondary N) is 1. The predicted molar refractivity (Wildman–Crippen MR) is 123 cm³/mol. The Kier molecular flexibility index (Phi) is 5.16. The highest BCUT2D eigenvalue weighted by Crippen LogP contribution is 2.32. The lowest BCUT2D eigenvalue weighted by molar-refractivity contribution is 0.126. The first-order chi connectivity index (χ1) is 15.5. The monoisotopic (exact) mass is 433 g/mol. The number of aromatic nitrogens is 5. The molecule has 166 valence electrons. The molecule has 9 heteroatoms. The summed E-state index contributed by atoms with van der Waals surface area (Å²) in [7, 11) is 0. The van der Waals surface area contributed by atoms with Crippen LogP contribution in [0, 0.1) is 5.92 Å². The number of amides is 1. The first kappa shape index (κ1) is 20.3. The number of nitrogens with zero attached hydrogens (tertiary/aromatic N) is 6. The summed E-state index contributed by atoms with van der Waals surface area (Å²) in [5, 5.41) is 23.2. The van der Waals surface area contributed by atoms with Crippen LogP contribution in [0.25, 0.3) is 27.5 Å². The molecule has 1 fully saturated rings. The van der Waals surface area contributed by atoms with E-state index < -0.39 is 6.09 Å². The number of rotatable bonds is 5. The van der Waals surface area contributed by atoms with Crippen molar-refractivity contribution in [2.75, 3.05) is 25.0 Å². The zero-order chi connectivity index (χ0) is 22.2. The minimum Gasteiger partial charge on any atom is -0.465 e. The molecule has 9 nitrogen and oxygen atoms in total. The highest BCUT2D eigenvalue weighted by atomic mass is 16.4. The SMILES string of the molecule is CC(C)n1nc(NCC2CCN(C(=O)O)CC2)c2cnn3cc(-c4cccnc4)cc3c21. The number of likely N-dealkylation sites (tertiary alicyclic amines) is 1. The number of fused-ring (bicyclic) bond motifs is 3. The standard InChI is InChI=1S/C23H27N7O2/c1-15(2)30-21-19(22(27-30)25-11-16-5-8-28(9-6-16)23(31)32)13-26-29-14-18(10-20(21)29)17-4-3-7-24-12-17/h3-4,7,10,12-16H,5-6,8-9,11H2,1-2H3,(H,25,27)(H,31,32). The summed E-state index contributed by atoms with van der Waals surface area (Å²) in [4.78, 5) is 16.9.